The maximum absolute atomic E-state index is 13.2. The number of hydrogen-bond donors (Lipinski definition) is 0. The van der Waals surface area contributed by atoms with E-state index in [9.17, 15) is 14.0 Å². The summed E-state index contributed by atoms with van der Waals surface area (Å²) in [5.74, 6) is -0.442. The van der Waals surface area contributed by atoms with Gasteiger partial charge < -0.3 is 14.2 Å². The lowest BCUT2D eigenvalue weighted by Gasteiger charge is -2.19. The third-order valence-electron chi connectivity index (χ3n) is 3.79. The molecular formula is C19H17FN2O5. The first-order valence-electron chi connectivity index (χ1n) is 8.06. The quantitative estimate of drug-likeness (QED) is 0.609. The summed E-state index contributed by atoms with van der Waals surface area (Å²) in [7, 11) is 1.44. The maximum atomic E-state index is 13.2. The Balaban J connectivity index is 1.92. The summed E-state index contributed by atoms with van der Waals surface area (Å²) >= 11 is 0. The molecule has 0 fully saturated rings. The van der Waals surface area contributed by atoms with Gasteiger partial charge in [0.1, 0.15) is 5.82 Å². The van der Waals surface area contributed by atoms with Gasteiger partial charge in [0, 0.05) is 25.0 Å². The van der Waals surface area contributed by atoms with Crippen LogP contribution in [0, 0.1) is 5.82 Å². The van der Waals surface area contributed by atoms with E-state index in [1.165, 1.54) is 50.2 Å². The van der Waals surface area contributed by atoms with Crippen LogP contribution in [0.3, 0.4) is 0 Å². The third-order valence-corrected chi connectivity index (χ3v) is 3.79. The lowest BCUT2D eigenvalue weighted by molar-refractivity contribution is -0.135. The van der Waals surface area contributed by atoms with Crippen molar-refractivity contribution in [3.63, 3.8) is 0 Å². The molecule has 0 unspecified atom stereocenters. The highest BCUT2D eigenvalue weighted by atomic mass is 19.1. The Labute approximate surface area is 154 Å². The molecule has 8 heteroatoms. The number of ether oxygens (including phenoxy) is 3. The van der Waals surface area contributed by atoms with E-state index < -0.39 is 18.0 Å². The van der Waals surface area contributed by atoms with Gasteiger partial charge in [0.15, 0.2) is 11.5 Å². The van der Waals surface area contributed by atoms with Crippen LogP contribution < -0.4 is 9.47 Å². The minimum atomic E-state index is -0.808. The van der Waals surface area contributed by atoms with Crippen LogP contribution in [0.25, 0.3) is 0 Å². The second-order valence-corrected chi connectivity index (χ2v) is 5.75. The Kier molecular flexibility index (Phi) is 5.07. The number of methoxy groups -OCH3 is 1. The van der Waals surface area contributed by atoms with Crippen LogP contribution in [0.4, 0.5) is 4.39 Å². The molecule has 1 heterocycles. The highest BCUT2D eigenvalue weighted by Crippen LogP contribution is 2.33. The molecule has 0 aromatic heterocycles. The van der Waals surface area contributed by atoms with E-state index in [1.807, 2.05) is 0 Å². The van der Waals surface area contributed by atoms with E-state index in [4.69, 9.17) is 14.2 Å². The van der Waals surface area contributed by atoms with Gasteiger partial charge in [-0.15, -0.1) is 5.10 Å². The predicted molar refractivity (Wildman–Crippen MR) is 93.6 cm³/mol. The number of amides is 1. The molecule has 0 saturated carbocycles. The fourth-order valence-corrected chi connectivity index (χ4v) is 2.57. The first-order chi connectivity index (χ1) is 12.9. The standard InChI is InChI=1S/C19H17FN2O5/c1-11(23)22-19(13-4-7-15(20)8-5-13)27-18(21-22)14-6-9-16(26-12(2)24)17(10-14)25-3/h4-10,19H,1-3H3/t19-/m1/s1. The highest BCUT2D eigenvalue weighted by molar-refractivity contribution is 5.97. The molecule has 0 bridgehead atoms. The monoisotopic (exact) mass is 372 g/mol. The molecule has 2 aromatic carbocycles. The number of carbonyl (C=O) groups is 2. The molecule has 27 heavy (non-hydrogen) atoms. The molecule has 7 nitrogen and oxygen atoms in total. The minimum Gasteiger partial charge on any atom is -0.493 e. The first kappa shape index (κ1) is 18.4. The zero-order chi connectivity index (χ0) is 19.6. The summed E-state index contributed by atoms with van der Waals surface area (Å²) < 4.78 is 29.3. The number of nitrogens with zero attached hydrogens (tertiary/aromatic N) is 2. The first-order valence-corrected chi connectivity index (χ1v) is 8.06. The molecule has 1 aliphatic heterocycles. The van der Waals surface area contributed by atoms with Crippen molar-refractivity contribution in [2.24, 2.45) is 5.10 Å². The van der Waals surface area contributed by atoms with E-state index >= 15 is 0 Å². The molecule has 0 saturated heterocycles. The van der Waals surface area contributed by atoms with Gasteiger partial charge in [-0.3, -0.25) is 9.59 Å². The number of halogens is 1. The van der Waals surface area contributed by atoms with Crippen LogP contribution in [0.2, 0.25) is 0 Å². The average molecular weight is 372 g/mol. The second-order valence-electron chi connectivity index (χ2n) is 5.75. The van der Waals surface area contributed by atoms with Crippen molar-refractivity contribution in [1.82, 2.24) is 5.01 Å². The largest absolute Gasteiger partial charge is 0.493 e. The molecule has 0 spiro atoms. The van der Waals surface area contributed by atoms with Gasteiger partial charge in [0.2, 0.25) is 18.0 Å². The van der Waals surface area contributed by atoms with Crippen LogP contribution in [-0.2, 0) is 14.3 Å². The molecule has 1 amide bonds. The Hall–Kier alpha value is -3.42. The fourth-order valence-electron chi connectivity index (χ4n) is 2.57. The van der Waals surface area contributed by atoms with Crippen LogP contribution in [0.5, 0.6) is 11.5 Å². The molecule has 1 atom stereocenters. The zero-order valence-electron chi connectivity index (χ0n) is 14.9. The number of esters is 1. The Morgan fingerprint density at radius 1 is 1.11 bits per heavy atom. The van der Waals surface area contributed by atoms with Crippen molar-refractivity contribution in [3.05, 3.63) is 59.4 Å². The van der Waals surface area contributed by atoms with Crippen molar-refractivity contribution in [3.8, 4) is 11.5 Å². The van der Waals surface area contributed by atoms with Gasteiger partial charge in [0.25, 0.3) is 0 Å². The molecule has 0 aliphatic carbocycles. The van der Waals surface area contributed by atoms with Crippen LogP contribution in [0.15, 0.2) is 47.6 Å². The summed E-state index contributed by atoms with van der Waals surface area (Å²) in [6.45, 7) is 2.65. The van der Waals surface area contributed by atoms with Gasteiger partial charge in [0.05, 0.1) is 7.11 Å². The Morgan fingerprint density at radius 2 is 1.81 bits per heavy atom. The highest BCUT2D eigenvalue weighted by Gasteiger charge is 2.33. The average Bonchev–Trinajstić information content (AvgIpc) is 3.08. The molecule has 0 radical (unpaired) electrons. The number of hydrogen-bond acceptors (Lipinski definition) is 6. The van der Waals surface area contributed by atoms with Gasteiger partial charge in [-0.05, 0) is 30.3 Å². The molecular weight excluding hydrogens is 355 g/mol. The lowest BCUT2D eigenvalue weighted by atomic mass is 10.2. The Bertz CT molecular complexity index is 911. The maximum Gasteiger partial charge on any atom is 0.308 e. The fraction of sp³-hybridized carbons (Fsp3) is 0.211. The summed E-state index contributed by atoms with van der Waals surface area (Å²) in [6, 6.07) is 10.4. The number of benzene rings is 2. The number of hydrazone groups is 1. The van der Waals surface area contributed by atoms with Crippen molar-refractivity contribution < 1.29 is 28.2 Å². The third kappa shape index (κ3) is 3.89. The van der Waals surface area contributed by atoms with Crippen molar-refractivity contribution >= 4 is 17.8 Å². The topological polar surface area (TPSA) is 77.4 Å². The minimum absolute atomic E-state index is 0.187. The van der Waals surface area contributed by atoms with Crippen molar-refractivity contribution in [2.45, 2.75) is 20.1 Å². The van der Waals surface area contributed by atoms with Gasteiger partial charge in [-0.1, -0.05) is 12.1 Å². The predicted octanol–water partition coefficient (Wildman–Crippen LogP) is 3.00. The smallest absolute Gasteiger partial charge is 0.308 e. The van der Waals surface area contributed by atoms with E-state index in [1.54, 1.807) is 18.2 Å². The molecule has 140 valence electrons. The van der Waals surface area contributed by atoms with Gasteiger partial charge >= 0.3 is 5.97 Å². The zero-order valence-corrected chi connectivity index (χ0v) is 14.9. The van der Waals surface area contributed by atoms with E-state index in [2.05, 4.69) is 5.10 Å². The van der Waals surface area contributed by atoms with Crippen LogP contribution >= 0.6 is 0 Å². The van der Waals surface area contributed by atoms with Gasteiger partial charge in [-0.2, -0.15) is 5.01 Å². The molecule has 3 rings (SSSR count). The van der Waals surface area contributed by atoms with Crippen LogP contribution in [-0.4, -0.2) is 29.9 Å². The lowest BCUT2D eigenvalue weighted by Crippen LogP contribution is -2.25. The summed E-state index contributed by atoms with van der Waals surface area (Å²) in [6.07, 6.45) is -0.808. The Morgan fingerprint density at radius 3 is 2.41 bits per heavy atom. The number of carbonyl (C=O) groups excluding carboxylic acids is 2. The summed E-state index contributed by atoms with van der Waals surface area (Å²) in [5.41, 5.74) is 1.10. The second kappa shape index (κ2) is 7.45. The molecule has 0 N–H and O–H groups in total. The van der Waals surface area contributed by atoms with E-state index in [0.29, 0.717) is 16.9 Å². The molecule has 2 aromatic rings. The normalized spacial score (nSPS) is 15.8. The van der Waals surface area contributed by atoms with Crippen molar-refractivity contribution in [2.75, 3.05) is 7.11 Å². The summed E-state index contributed by atoms with van der Waals surface area (Å²) in [5, 5.41) is 5.40. The molecule has 1 aliphatic rings. The van der Waals surface area contributed by atoms with Crippen molar-refractivity contribution in [1.29, 1.82) is 0 Å². The summed E-state index contributed by atoms with van der Waals surface area (Å²) in [4.78, 5) is 23.1. The number of rotatable bonds is 4. The van der Waals surface area contributed by atoms with Gasteiger partial charge in [-0.25, -0.2) is 4.39 Å². The van der Waals surface area contributed by atoms with E-state index in [-0.39, 0.29) is 17.6 Å². The van der Waals surface area contributed by atoms with E-state index in [0.717, 1.165) is 0 Å². The van der Waals surface area contributed by atoms with Crippen LogP contribution in [0.1, 0.15) is 31.2 Å². The SMILES string of the molecule is COc1cc(C2=NN(C(C)=O)[C@@H](c3ccc(F)cc3)O2)ccc1OC(C)=O.